The van der Waals surface area contributed by atoms with Gasteiger partial charge in [-0.25, -0.2) is 4.98 Å². The quantitative estimate of drug-likeness (QED) is 0.884. The lowest BCUT2D eigenvalue weighted by Gasteiger charge is -2.17. The smallest absolute Gasteiger partial charge is 0.126 e. The van der Waals surface area contributed by atoms with E-state index in [1.54, 1.807) is 6.20 Å². The van der Waals surface area contributed by atoms with E-state index in [1.165, 1.54) is 5.56 Å². The van der Waals surface area contributed by atoms with E-state index >= 15 is 0 Å². The van der Waals surface area contributed by atoms with E-state index in [2.05, 4.69) is 62.4 Å². The van der Waals surface area contributed by atoms with E-state index in [0.29, 0.717) is 0 Å². The SMILES string of the molecule is CN(CCNc1ccc(Br)cn1)Cc1ccccc1. The minimum Gasteiger partial charge on any atom is -0.369 e. The number of halogens is 1. The zero-order valence-electron chi connectivity index (χ0n) is 11.0. The van der Waals surface area contributed by atoms with Crippen LogP contribution in [-0.4, -0.2) is 30.0 Å². The average Bonchev–Trinajstić information content (AvgIpc) is 2.42. The van der Waals surface area contributed by atoms with Crippen molar-refractivity contribution in [2.45, 2.75) is 6.54 Å². The predicted molar refractivity (Wildman–Crippen MR) is 83.2 cm³/mol. The Morgan fingerprint density at radius 3 is 2.63 bits per heavy atom. The summed E-state index contributed by atoms with van der Waals surface area (Å²) in [5, 5.41) is 3.31. The van der Waals surface area contributed by atoms with Crippen molar-refractivity contribution in [3.05, 3.63) is 58.7 Å². The van der Waals surface area contributed by atoms with Crippen LogP contribution < -0.4 is 5.32 Å². The monoisotopic (exact) mass is 319 g/mol. The fourth-order valence-electron chi connectivity index (χ4n) is 1.83. The number of pyridine rings is 1. The highest BCUT2D eigenvalue weighted by Gasteiger charge is 2.00. The molecule has 1 heterocycles. The van der Waals surface area contributed by atoms with Crippen LogP contribution >= 0.6 is 15.9 Å². The summed E-state index contributed by atoms with van der Waals surface area (Å²) < 4.78 is 0.999. The van der Waals surface area contributed by atoms with Crippen LogP contribution in [0.1, 0.15) is 5.56 Å². The van der Waals surface area contributed by atoms with Gasteiger partial charge in [0.1, 0.15) is 5.82 Å². The zero-order chi connectivity index (χ0) is 13.5. The summed E-state index contributed by atoms with van der Waals surface area (Å²) in [4.78, 5) is 6.58. The summed E-state index contributed by atoms with van der Waals surface area (Å²) in [6.07, 6.45) is 1.80. The van der Waals surface area contributed by atoms with Crippen LogP contribution in [0.15, 0.2) is 53.1 Å². The number of likely N-dealkylation sites (N-methyl/N-ethyl adjacent to an activating group) is 1. The Balaban J connectivity index is 1.72. The Labute approximate surface area is 122 Å². The van der Waals surface area contributed by atoms with Crippen LogP contribution in [-0.2, 0) is 6.54 Å². The Hall–Kier alpha value is -1.39. The molecule has 0 aliphatic heterocycles. The molecule has 0 unspecified atom stereocenters. The molecule has 0 spiro atoms. The Kier molecular flexibility index (Phi) is 5.36. The van der Waals surface area contributed by atoms with Crippen molar-refractivity contribution in [1.29, 1.82) is 0 Å². The lowest BCUT2D eigenvalue weighted by atomic mass is 10.2. The average molecular weight is 320 g/mol. The molecule has 0 amide bonds. The van der Waals surface area contributed by atoms with Gasteiger partial charge in [-0.3, -0.25) is 0 Å². The van der Waals surface area contributed by atoms with Gasteiger partial charge in [0.2, 0.25) is 0 Å². The van der Waals surface area contributed by atoms with E-state index in [9.17, 15) is 0 Å². The number of hydrogen-bond acceptors (Lipinski definition) is 3. The van der Waals surface area contributed by atoms with E-state index in [1.807, 2.05) is 18.2 Å². The summed E-state index contributed by atoms with van der Waals surface area (Å²) in [6.45, 7) is 2.83. The highest BCUT2D eigenvalue weighted by molar-refractivity contribution is 9.10. The fourth-order valence-corrected chi connectivity index (χ4v) is 2.06. The number of benzene rings is 1. The summed E-state index contributed by atoms with van der Waals surface area (Å²) in [7, 11) is 2.13. The van der Waals surface area contributed by atoms with E-state index in [0.717, 1.165) is 29.9 Å². The third kappa shape index (κ3) is 5.01. The Morgan fingerprint density at radius 1 is 1.16 bits per heavy atom. The minimum atomic E-state index is 0.887. The molecule has 1 N–H and O–H groups in total. The molecule has 4 heteroatoms. The second-order valence-corrected chi connectivity index (χ2v) is 5.43. The van der Waals surface area contributed by atoms with Crippen molar-refractivity contribution >= 4 is 21.7 Å². The minimum absolute atomic E-state index is 0.887. The molecule has 3 nitrogen and oxygen atoms in total. The number of hydrogen-bond donors (Lipinski definition) is 1. The first-order valence-electron chi connectivity index (χ1n) is 6.32. The van der Waals surface area contributed by atoms with Crippen LogP contribution in [0.4, 0.5) is 5.82 Å². The van der Waals surface area contributed by atoms with Gasteiger partial charge in [-0.2, -0.15) is 0 Å². The molecule has 2 rings (SSSR count). The lowest BCUT2D eigenvalue weighted by Crippen LogP contribution is -2.24. The van der Waals surface area contributed by atoms with Crippen LogP contribution in [0.25, 0.3) is 0 Å². The highest BCUT2D eigenvalue weighted by atomic mass is 79.9. The largest absolute Gasteiger partial charge is 0.369 e. The summed E-state index contributed by atoms with van der Waals surface area (Å²) >= 11 is 3.38. The van der Waals surface area contributed by atoms with E-state index < -0.39 is 0 Å². The maximum atomic E-state index is 4.28. The molecule has 0 atom stereocenters. The van der Waals surface area contributed by atoms with Gasteiger partial charge in [-0.05, 0) is 40.7 Å². The van der Waals surface area contributed by atoms with Crippen LogP contribution in [0.3, 0.4) is 0 Å². The molecule has 0 bridgehead atoms. The molecular weight excluding hydrogens is 302 g/mol. The van der Waals surface area contributed by atoms with Gasteiger partial charge in [0.25, 0.3) is 0 Å². The molecule has 0 aliphatic carbocycles. The highest BCUT2D eigenvalue weighted by Crippen LogP contribution is 2.10. The number of rotatable bonds is 6. The first kappa shape index (κ1) is 14.0. The van der Waals surface area contributed by atoms with Gasteiger partial charge in [0.05, 0.1) is 0 Å². The summed E-state index contributed by atoms with van der Waals surface area (Å²) in [5.41, 5.74) is 1.34. The first-order chi connectivity index (χ1) is 9.24. The van der Waals surface area contributed by atoms with Crippen LogP contribution in [0.5, 0.6) is 0 Å². The molecular formula is C15H18BrN3. The number of aromatic nitrogens is 1. The summed E-state index contributed by atoms with van der Waals surface area (Å²) in [5.74, 6) is 0.913. The number of anilines is 1. The third-order valence-corrected chi connectivity index (χ3v) is 3.29. The molecule has 19 heavy (non-hydrogen) atoms. The number of nitrogens with zero attached hydrogens (tertiary/aromatic N) is 2. The van der Waals surface area contributed by atoms with Crippen molar-refractivity contribution in [1.82, 2.24) is 9.88 Å². The molecule has 1 aromatic heterocycles. The van der Waals surface area contributed by atoms with Gasteiger partial charge < -0.3 is 10.2 Å². The molecule has 0 saturated carbocycles. The van der Waals surface area contributed by atoms with Gasteiger partial charge in [0.15, 0.2) is 0 Å². The van der Waals surface area contributed by atoms with Gasteiger partial charge in [-0.15, -0.1) is 0 Å². The third-order valence-electron chi connectivity index (χ3n) is 2.82. The Morgan fingerprint density at radius 2 is 1.95 bits per heavy atom. The predicted octanol–water partition coefficient (Wildman–Crippen LogP) is 3.39. The van der Waals surface area contributed by atoms with Crippen molar-refractivity contribution in [2.75, 3.05) is 25.5 Å². The van der Waals surface area contributed by atoms with E-state index in [4.69, 9.17) is 0 Å². The fraction of sp³-hybridized carbons (Fsp3) is 0.267. The van der Waals surface area contributed by atoms with E-state index in [-0.39, 0.29) is 0 Å². The maximum Gasteiger partial charge on any atom is 0.126 e. The standard InChI is InChI=1S/C15H18BrN3/c1-19(12-13-5-3-2-4-6-13)10-9-17-15-8-7-14(16)11-18-15/h2-8,11H,9-10,12H2,1H3,(H,17,18). The van der Waals surface area contributed by atoms with Gasteiger partial charge in [-0.1, -0.05) is 30.3 Å². The van der Waals surface area contributed by atoms with Crippen LogP contribution in [0, 0.1) is 0 Å². The summed E-state index contributed by atoms with van der Waals surface area (Å²) in [6, 6.07) is 14.5. The number of nitrogens with one attached hydrogen (secondary N) is 1. The van der Waals surface area contributed by atoms with Gasteiger partial charge in [0, 0.05) is 30.3 Å². The Bertz CT molecular complexity index is 485. The normalized spacial score (nSPS) is 10.7. The molecule has 0 aliphatic rings. The van der Waals surface area contributed by atoms with Crippen molar-refractivity contribution < 1.29 is 0 Å². The maximum absolute atomic E-state index is 4.28. The van der Waals surface area contributed by atoms with Crippen molar-refractivity contribution in [3.8, 4) is 0 Å². The molecule has 1 aromatic carbocycles. The second kappa shape index (κ2) is 7.26. The molecule has 0 fully saturated rings. The molecule has 2 aromatic rings. The van der Waals surface area contributed by atoms with Crippen molar-refractivity contribution in [3.63, 3.8) is 0 Å². The topological polar surface area (TPSA) is 28.2 Å². The second-order valence-electron chi connectivity index (χ2n) is 4.51. The lowest BCUT2D eigenvalue weighted by molar-refractivity contribution is 0.340. The zero-order valence-corrected chi connectivity index (χ0v) is 12.6. The van der Waals surface area contributed by atoms with Gasteiger partial charge >= 0.3 is 0 Å². The van der Waals surface area contributed by atoms with Crippen LogP contribution in [0.2, 0.25) is 0 Å². The first-order valence-corrected chi connectivity index (χ1v) is 7.11. The molecule has 100 valence electrons. The molecule has 0 radical (unpaired) electrons. The van der Waals surface area contributed by atoms with Crippen molar-refractivity contribution in [2.24, 2.45) is 0 Å². The molecule has 0 saturated heterocycles.